The van der Waals surface area contributed by atoms with Gasteiger partial charge in [-0.05, 0) is 45.9 Å². The Morgan fingerprint density at radius 2 is 2.00 bits per heavy atom. The third kappa shape index (κ3) is 3.54. The summed E-state index contributed by atoms with van der Waals surface area (Å²) in [7, 11) is 1.95. The number of anilines is 2. The molecule has 4 heterocycles. The molecule has 1 aliphatic rings. The van der Waals surface area contributed by atoms with Crippen LogP contribution < -0.4 is 15.5 Å². The van der Waals surface area contributed by atoms with E-state index in [9.17, 15) is 4.79 Å². The van der Waals surface area contributed by atoms with Gasteiger partial charge in [-0.15, -0.1) is 10.2 Å². The lowest BCUT2D eigenvalue weighted by Gasteiger charge is -2.17. The molecule has 1 aliphatic heterocycles. The van der Waals surface area contributed by atoms with Crippen LogP contribution in [0.15, 0.2) is 24.3 Å². The molecule has 0 saturated heterocycles. The van der Waals surface area contributed by atoms with Crippen LogP contribution in [0.2, 0.25) is 0 Å². The van der Waals surface area contributed by atoms with E-state index in [1.807, 2.05) is 54.6 Å². The van der Waals surface area contributed by atoms with Gasteiger partial charge in [-0.1, -0.05) is 6.07 Å². The number of rotatable bonds is 6. The summed E-state index contributed by atoms with van der Waals surface area (Å²) < 4.78 is 2.04. The fourth-order valence-corrected chi connectivity index (χ4v) is 3.92. The van der Waals surface area contributed by atoms with E-state index in [0.717, 1.165) is 29.4 Å². The molecule has 162 valence electrons. The Morgan fingerprint density at radius 3 is 2.68 bits per heavy atom. The Kier molecular flexibility index (Phi) is 5.45. The summed E-state index contributed by atoms with van der Waals surface area (Å²) in [6.07, 6.45) is 0. The fraction of sp³-hybridized carbons (Fsp3) is 0.409. The van der Waals surface area contributed by atoms with Gasteiger partial charge >= 0.3 is 0 Å². The zero-order chi connectivity index (χ0) is 22.3. The number of carbonyl (C=O) groups excluding carboxylic acids is 1. The standard InChI is InChI=1S/C22H28N8O/c1-6-28(5)20-10-15-16(18(11-23)25-20)12-29(22(15)31)19-9-7-8-17(24-19)21-27-26-14(4)30(21)13(2)3/h7-10,13H,6,11-12,23H2,1-5H3. The van der Waals surface area contributed by atoms with Crippen molar-refractivity contribution in [1.29, 1.82) is 0 Å². The molecule has 2 N–H and O–H groups in total. The Bertz CT molecular complexity index is 1140. The van der Waals surface area contributed by atoms with E-state index in [1.165, 1.54) is 0 Å². The second kappa shape index (κ2) is 8.07. The monoisotopic (exact) mass is 420 g/mol. The Morgan fingerprint density at radius 1 is 1.23 bits per heavy atom. The minimum Gasteiger partial charge on any atom is -0.360 e. The lowest BCUT2D eigenvalue weighted by atomic mass is 10.1. The molecule has 0 saturated carbocycles. The average molecular weight is 421 g/mol. The molecule has 0 fully saturated rings. The van der Waals surface area contributed by atoms with Crippen molar-refractivity contribution in [3.63, 3.8) is 0 Å². The van der Waals surface area contributed by atoms with E-state index in [2.05, 4.69) is 29.0 Å². The number of carbonyl (C=O) groups is 1. The van der Waals surface area contributed by atoms with Crippen molar-refractivity contribution in [2.24, 2.45) is 5.73 Å². The highest BCUT2D eigenvalue weighted by molar-refractivity contribution is 6.10. The van der Waals surface area contributed by atoms with Crippen LogP contribution in [0.4, 0.5) is 11.6 Å². The number of hydrogen-bond donors (Lipinski definition) is 1. The normalized spacial score (nSPS) is 13.3. The number of nitrogens with two attached hydrogens (primary N) is 1. The van der Waals surface area contributed by atoms with Crippen LogP contribution >= 0.6 is 0 Å². The van der Waals surface area contributed by atoms with Crippen LogP contribution in [0, 0.1) is 6.92 Å². The third-order valence-electron chi connectivity index (χ3n) is 5.67. The molecule has 0 bridgehead atoms. The van der Waals surface area contributed by atoms with E-state index in [-0.39, 0.29) is 18.5 Å². The van der Waals surface area contributed by atoms with Crippen molar-refractivity contribution in [2.45, 2.75) is 46.8 Å². The van der Waals surface area contributed by atoms with Crippen molar-refractivity contribution in [3.8, 4) is 11.5 Å². The van der Waals surface area contributed by atoms with Gasteiger partial charge in [-0.2, -0.15) is 0 Å². The molecular weight excluding hydrogens is 392 g/mol. The van der Waals surface area contributed by atoms with Crippen LogP contribution in [0.1, 0.15) is 54.3 Å². The molecule has 3 aromatic heterocycles. The van der Waals surface area contributed by atoms with Crippen LogP contribution in [-0.4, -0.2) is 44.2 Å². The van der Waals surface area contributed by atoms with E-state index < -0.39 is 0 Å². The highest BCUT2D eigenvalue weighted by atomic mass is 16.2. The SMILES string of the molecule is CCN(C)c1cc2c(c(CN)n1)CN(c1cccc(-c3nnc(C)n3C(C)C)n1)C2=O. The van der Waals surface area contributed by atoms with E-state index >= 15 is 0 Å². The first-order chi connectivity index (χ1) is 14.8. The van der Waals surface area contributed by atoms with Gasteiger partial charge in [0.25, 0.3) is 5.91 Å². The molecule has 3 aromatic rings. The molecule has 0 atom stereocenters. The second-order valence-electron chi connectivity index (χ2n) is 7.98. The van der Waals surface area contributed by atoms with Gasteiger partial charge in [0.2, 0.25) is 0 Å². The van der Waals surface area contributed by atoms with Gasteiger partial charge in [0.15, 0.2) is 5.82 Å². The van der Waals surface area contributed by atoms with Crippen LogP contribution in [0.5, 0.6) is 0 Å². The Balaban J connectivity index is 1.73. The van der Waals surface area contributed by atoms with Gasteiger partial charge in [0, 0.05) is 31.7 Å². The molecule has 4 rings (SSSR count). The van der Waals surface area contributed by atoms with Crippen molar-refractivity contribution in [2.75, 3.05) is 23.4 Å². The molecule has 0 unspecified atom stereocenters. The Labute approximate surface area is 181 Å². The van der Waals surface area contributed by atoms with Crippen LogP contribution in [0.25, 0.3) is 11.5 Å². The van der Waals surface area contributed by atoms with E-state index in [1.54, 1.807) is 4.90 Å². The largest absolute Gasteiger partial charge is 0.360 e. The summed E-state index contributed by atoms with van der Waals surface area (Å²) in [4.78, 5) is 26.4. The first kappa shape index (κ1) is 20.9. The van der Waals surface area contributed by atoms with E-state index in [0.29, 0.717) is 29.4 Å². The van der Waals surface area contributed by atoms with Gasteiger partial charge in [-0.25, -0.2) is 9.97 Å². The third-order valence-corrected chi connectivity index (χ3v) is 5.67. The maximum atomic E-state index is 13.3. The molecular formula is C22H28N8O. The minimum absolute atomic E-state index is 0.0935. The Hall–Kier alpha value is -3.33. The van der Waals surface area contributed by atoms with Gasteiger partial charge in [0.05, 0.1) is 17.8 Å². The number of aromatic nitrogens is 5. The maximum Gasteiger partial charge on any atom is 0.260 e. The van der Waals surface area contributed by atoms with Gasteiger partial charge in [0.1, 0.15) is 23.2 Å². The topological polar surface area (TPSA) is 106 Å². The molecule has 1 amide bonds. The van der Waals surface area contributed by atoms with Crippen LogP contribution in [-0.2, 0) is 13.1 Å². The molecule has 9 heteroatoms. The summed E-state index contributed by atoms with van der Waals surface area (Å²) in [6.45, 7) is 9.58. The van der Waals surface area contributed by atoms with E-state index in [4.69, 9.17) is 10.7 Å². The smallest absolute Gasteiger partial charge is 0.260 e. The van der Waals surface area contributed by atoms with Crippen molar-refractivity contribution >= 4 is 17.5 Å². The zero-order valence-corrected chi connectivity index (χ0v) is 18.6. The average Bonchev–Trinajstić information content (AvgIpc) is 3.33. The van der Waals surface area contributed by atoms with Gasteiger partial charge < -0.3 is 15.2 Å². The number of nitrogens with zero attached hydrogens (tertiary/aromatic N) is 7. The summed E-state index contributed by atoms with van der Waals surface area (Å²) in [5.41, 5.74) is 8.90. The lowest BCUT2D eigenvalue weighted by molar-refractivity contribution is 0.0996. The van der Waals surface area contributed by atoms with Gasteiger partial charge in [-0.3, -0.25) is 9.69 Å². The first-order valence-electron chi connectivity index (χ1n) is 10.5. The molecule has 0 radical (unpaired) electrons. The molecule has 0 spiro atoms. The fourth-order valence-electron chi connectivity index (χ4n) is 3.92. The van der Waals surface area contributed by atoms with Crippen LogP contribution in [0.3, 0.4) is 0 Å². The number of aryl methyl sites for hydroxylation is 1. The predicted molar refractivity (Wildman–Crippen MR) is 120 cm³/mol. The van der Waals surface area contributed by atoms with Crippen molar-refractivity contribution < 1.29 is 4.79 Å². The molecule has 0 aromatic carbocycles. The predicted octanol–water partition coefficient (Wildman–Crippen LogP) is 2.70. The summed E-state index contributed by atoms with van der Waals surface area (Å²) in [5, 5.41) is 8.53. The molecule has 0 aliphatic carbocycles. The minimum atomic E-state index is -0.0935. The number of hydrogen-bond acceptors (Lipinski definition) is 7. The summed E-state index contributed by atoms with van der Waals surface area (Å²) in [6, 6.07) is 7.66. The quantitative estimate of drug-likeness (QED) is 0.653. The highest BCUT2D eigenvalue weighted by Crippen LogP contribution is 2.32. The second-order valence-corrected chi connectivity index (χ2v) is 7.98. The number of fused-ring (bicyclic) bond motifs is 1. The number of pyridine rings is 2. The lowest BCUT2D eigenvalue weighted by Crippen LogP contribution is -2.24. The molecule has 9 nitrogen and oxygen atoms in total. The summed E-state index contributed by atoms with van der Waals surface area (Å²) in [5.74, 6) is 2.74. The maximum absolute atomic E-state index is 13.3. The zero-order valence-electron chi connectivity index (χ0n) is 18.6. The van der Waals surface area contributed by atoms with Crippen molar-refractivity contribution in [1.82, 2.24) is 24.7 Å². The number of amides is 1. The first-order valence-corrected chi connectivity index (χ1v) is 10.5. The van der Waals surface area contributed by atoms with Crippen molar-refractivity contribution in [3.05, 3.63) is 46.9 Å². The summed E-state index contributed by atoms with van der Waals surface area (Å²) >= 11 is 0. The molecule has 31 heavy (non-hydrogen) atoms. The highest BCUT2D eigenvalue weighted by Gasteiger charge is 2.33.